The van der Waals surface area contributed by atoms with Crippen molar-refractivity contribution in [2.24, 2.45) is 0 Å². The molecule has 3 atom stereocenters. The number of esters is 1. The van der Waals surface area contributed by atoms with Crippen LogP contribution in [-0.4, -0.2) is 46.5 Å². The van der Waals surface area contributed by atoms with Crippen LogP contribution in [0.5, 0.6) is 0 Å². The smallest absolute Gasteiger partial charge is 0.308 e. The van der Waals surface area contributed by atoms with Gasteiger partial charge < -0.3 is 14.2 Å². The van der Waals surface area contributed by atoms with Gasteiger partial charge in [0.05, 0.1) is 12.5 Å². The van der Waals surface area contributed by atoms with Crippen molar-refractivity contribution < 1.29 is 19.0 Å². The number of hydrogen-bond acceptors (Lipinski definition) is 5. The molecule has 5 heteroatoms. The molecule has 1 aliphatic heterocycles. The highest BCUT2D eigenvalue weighted by molar-refractivity contribution is 5.70. The molecule has 1 aromatic rings. The zero-order valence-electron chi connectivity index (χ0n) is 18.7. The third-order valence-corrected chi connectivity index (χ3v) is 4.82. The summed E-state index contributed by atoms with van der Waals surface area (Å²) in [6.45, 7) is 16.6. The van der Waals surface area contributed by atoms with Crippen LogP contribution >= 0.6 is 0 Å². The van der Waals surface area contributed by atoms with Crippen LogP contribution in [0.25, 0.3) is 0 Å². The first-order chi connectivity index (χ1) is 12.9. The Balaban J connectivity index is 2.30. The Morgan fingerprint density at radius 3 is 2.25 bits per heavy atom. The van der Waals surface area contributed by atoms with Gasteiger partial charge in [-0.05, 0) is 61.0 Å². The average molecular weight is 392 g/mol. The maximum absolute atomic E-state index is 12.7. The van der Waals surface area contributed by atoms with E-state index in [-0.39, 0.29) is 36.7 Å². The third-order valence-electron chi connectivity index (χ3n) is 4.82. The van der Waals surface area contributed by atoms with Gasteiger partial charge in [0.1, 0.15) is 11.7 Å². The van der Waals surface area contributed by atoms with E-state index in [1.165, 1.54) is 5.56 Å². The van der Waals surface area contributed by atoms with Crippen LogP contribution in [0.2, 0.25) is 0 Å². The van der Waals surface area contributed by atoms with Crippen LogP contribution in [0.3, 0.4) is 0 Å². The SMILES string of the molecule is CC(C)N(Cc1ccccc1)[C@H](CC(=O)OC(C)(C)C)[C@H]1OC(C)(C)O[C@H]1C. The minimum absolute atomic E-state index is 0.112. The first kappa shape index (κ1) is 22.9. The van der Waals surface area contributed by atoms with Gasteiger partial charge in [-0.1, -0.05) is 30.3 Å². The Morgan fingerprint density at radius 1 is 1.18 bits per heavy atom. The summed E-state index contributed by atoms with van der Waals surface area (Å²) in [5.74, 6) is -0.872. The fourth-order valence-corrected chi connectivity index (χ4v) is 3.81. The second-order valence-corrected chi connectivity index (χ2v) is 9.41. The number of carbonyl (C=O) groups excluding carboxylic acids is 1. The van der Waals surface area contributed by atoms with E-state index in [1.807, 2.05) is 59.7 Å². The zero-order chi connectivity index (χ0) is 21.1. The summed E-state index contributed by atoms with van der Waals surface area (Å²) >= 11 is 0. The molecule has 0 unspecified atom stereocenters. The van der Waals surface area contributed by atoms with Crippen LogP contribution in [0.4, 0.5) is 0 Å². The minimum atomic E-state index is -0.661. The highest BCUT2D eigenvalue weighted by Gasteiger charge is 2.46. The Bertz CT molecular complexity index is 636. The molecule has 0 aromatic heterocycles. The highest BCUT2D eigenvalue weighted by atomic mass is 16.8. The van der Waals surface area contributed by atoms with E-state index in [1.54, 1.807) is 0 Å². The van der Waals surface area contributed by atoms with Gasteiger partial charge in [-0.3, -0.25) is 9.69 Å². The molecule has 0 radical (unpaired) electrons. The molecule has 158 valence electrons. The molecule has 2 rings (SSSR count). The predicted octanol–water partition coefficient (Wildman–Crippen LogP) is 4.54. The number of rotatable bonds is 7. The summed E-state index contributed by atoms with van der Waals surface area (Å²) in [6.07, 6.45) is -0.0652. The van der Waals surface area contributed by atoms with Gasteiger partial charge in [0, 0.05) is 18.6 Å². The van der Waals surface area contributed by atoms with Crippen LogP contribution in [0.1, 0.15) is 67.4 Å². The number of benzene rings is 1. The second-order valence-electron chi connectivity index (χ2n) is 9.41. The van der Waals surface area contributed by atoms with Crippen molar-refractivity contribution in [2.45, 2.75) is 104 Å². The largest absolute Gasteiger partial charge is 0.460 e. The molecule has 0 amide bonds. The molecule has 0 N–H and O–H groups in total. The summed E-state index contributed by atoms with van der Waals surface area (Å²) < 4.78 is 17.9. The molecule has 0 spiro atoms. The van der Waals surface area contributed by atoms with E-state index in [4.69, 9.17) is 14.2 Å². The number of hydrogen-bond donors (Lipinski definition) is 0. The van der Waals surface area contributed by atoms with Gasteiger partial charge >= 0.3 is 5.97 Å². The molecule has 0 saturated carbocycles. The molecule has 28 heavy (non-hydrogen) atoms. The molecule has 0 bridgehead atoms. The van der Waals surface area contributed by atoms with E-state index in [2.05, 4.69) is 30.9 Å². The summed E-state index contributed by atoms with van der Waals surface area (Å²) in [7, 11) is 0. The molecular weight excluding hydrogens is 354 g/mol. The molecule has 5 nitrogen and oxygen atoms in total. The lowest BCUT2D eigenvalue weighted by Crippen LogP contribution is -2.51. The molecule has 1 heterocycles. The standard InChI is InChI=1S/C23H37NO4/c1-16(2)24(15-18-12-10-9-11-13-18)19(14-20(25)27-22(4,5)6)21-17(3)26-23(7,8)28-21/h9-13,16-17,19,21H,14-15H2,1-8H3/t17-,19+,21-/m0/s1. The monoisotopic (exact) mass is 391 g/mol. The van der Waals surface area contributed by atoms with Gasteiger partial charge in [0.25, 0.3) is 0 Å². The van der Waals surface area contributed by atoms with Crippen LogP contribution in [0.15, 0.2) is 30.3 Å². The van der Waals surface area contributed by atoms with Crippen LogP contribution in [-0.2, 0) is 25.5 Å². The molecular formula is C23H37NO4. The van der Waals surface area contributed by atoms with Crippen molar-refractivity contribution in [3.63, 3.8) is 0 Å². The molecule has 1 aliphatic rings. The summed E-state index contributed by atoms with van der Waals surface area (Å²) in [4.78, 5) is 15.1. The van der Waals surface area contributed by atoms with E-state index in [0.29, 0.717) is 0 Å². The van der Waals surface area contributed by atoms with Crippen LogP contribution in [0, 0.1) is 0 Å². The maximum Gasteiger partial charge on any atom is 0.308 e. The highest BCUT2D eigenvalue weighted by Crippen LogP contribution is 2.34. The summed E-state index contributed by atoms with van der Waals surface area (Å²) in [6, 6.07) is 10.4. The number of nitrogens with zero attached hydrogens (tertiary/aromatic N) is 1. The maximum atomic E-state index is 12.7. The van der Waals surface area contributed by atoms with Crippen molar-refractivity contribution in [3.8, 4) is 0 Å². The van der Waals surface area contributed by atoms with Gasteiger partial charge in [-0.2, -0.15) is 0 Å². The summed E-state index contributed by atoms with van der Waals surface area (Å²) in [5.41, 5.74) is 0.693. The molecule has 1 fully saturated rings. The predicted molar refractivity (Wildman–Crippen MR) is 111 cm³/mol. The van der Waals surface area contributed by atoms with Crippen LogP contribution < -0.4 is 0 Å². The lowest BCUT2D eigenvalue weighted by Gasteiger charge is -2.39. The quantitative estimate of drug-likeness (QED) is 0.639. The Labute approximate surface area is 170 Å². The van der Waals surface area contributed by atoms with Gasteiger partial charge in [-0.15, -0.1) is 0 Å². The zero-order valence-corrected chi connectivity index (χ0v) is 18.7. The van der Waals surface area contributed by atoms with Crippen molar-refractivity contribution >= 4 is 5.97 Å². The van der Waals surface area contributed by atoms with E-state index in [9.17, 15) is 4.79 Å². The second kappa shape index (κ2) is 8.93. The first-order valence-electron chi connectivity index (χ1n) is 10.2. The molecule has 0 aliphatic carbocycles. The van der Waals surface area contributed by atoms with Crippen molar-refractivity contribution in [2.75, 3.05) is 0 Å². The normalized spacial score (nSPS) is 23.2. The van der Waals surface area contributed by atoms with Crippen molar-refractivity contribution in [1.82, 2.24) is 4.90 Å². The Kier molecular flexibility index (Phi) is 7.29. The Hall–Kier alpha value is -1.43. The third kappa shape index (κ3) is 6.57. The fourth-order valence-electron chi connectivity index (χ4n) is 3.81. The summed E-state index contributed by atoms with van der Waals surface area (Å²) in [5, 5.41) is 0. The van der Waals surface area contributed by atoms with Gasteiger partial charge in [0.2, 0.25) is 0 Å². The van der Waals surface area contributed by atoms with Gasteiger partial charge in [0.15, 0.2) is 5.79 Å². The van der Waals surface area contributed by atoms with E-state index >= 15 is 0 Å². The van der Waals surface area contributed by atoms with Crippen molar-refractivity contribution in [1.29, 1.82) is 0 Å². The molecule has 1 aromatic carbocycles. The van der Waals surface area contributed by atoms with Crippen molar-refractivity contribution in [3.05, 3.63) is 35.9 Å². The van der Waals surface area contributed by atoms with E-state index in [0.717, 1.165) is 6.54 Å². The first-order valence-corrected chi connectivity index (χ1v) is 10.2. The fraction of sp³-hybridized carbons (Fsp3) is 0.696. The minimum Gasteiger partial charge on any atom is -0.460 e. The molecule has 1 saturated heterocycles. The average Bonchev–Trinajstić information content (AvgIpc) is 2.82. The Morgan fingerprint density at radius 2 is 1.79 bits per heavy atom. The number of ether oxygens (including phenoxy) is 3. The van der Waals surface area contributed by atoms with Gasteiger partial charge in [-0.25, -0.2) is 0 Å². The lowest BCUT2D eigenvalue weighted by molar-refractivity contribution is -0.164. The lowest BCUT2D eigenvalue weighted by atomic mass is 9.98. The topological polar surface area (TPSA) is 48.0 Å². The van der Waals surface area contributed by atoms with E-state index < -0.39 is 11.4 Å². The number of carbonyl (C=O) groups is 1.